The number of carbonyl (C=O) groups is 1. The Morgan fingerprint density at radius 1 is 1.41 bits per heavy atom. The number of aromatic nitrogens is 3. The molecule has 0 radical (unpaired) electrons. The van der Waals surface area contributed by atoms with Crippen LogP contribution >= 0.6 is 0 Å². The molecule has 2 heterocycles. The lowest BCUT2D eigenvalue weighted by Crippen LogP contribution is -2.27. The molecule has 1 fully saturated rings. The third kappa shape index (κ3) is 4.46. The number of benzene rings is 1. The normalized spacial score (nSPS) is 14.6. The Labute approximate surface area is 158 Å². The molecule has 1 aliphatic heterocycles. The van der Waals surface area contributed by atoms with E-state index in [1.165, 1.54) is 7.11 Å². The minimum atomic E-state index is -0.282. The number of anilines is 1. The number of rotatable bonds is 7. The molecule has 3 rings (SSSR count). The number of aryl methyl sites for hydroxylation is 1. The number of amides is 1. The Hall–Kier alpha value is -2.87. The van der Waals surface area contributed by atoms with Gasteiger partial charge in [-0.1, -0.05) is 12.7 Å². The fourth-order valence-corrected chi connectivity index (χ4v) is 3.02. The van der Waals surface area contributed by atoms with E-state index in [-0.39, 0.29) is 5.91 Å². The van der Waals surface area contributed by atoms with Gasteiger partial charge in [-0.3, -0.25) is 10.1 Å². The third-order valence-corrected chi connectivity index (χ3v) is 4.49. The van der Waals surface area contributed by atoms with Gasteiger partial charge in [-0.2, -0.15) is 10.1 Å². The molecule has 0 bridgehead atoms. The molecule has 2 N–H and O–H groups in total. The maximum absolute atomic E-state index is 12.6. The van der Waals surface area contributed by atoms with Gasteiger partial charge in [-0.25, -0.2) is 4.68 Å². The van der Waals surface area contributed by atoms with E-state index in [9.17, 15) is 4.79 Å². The largest absolute Gasteiger partial charge is 0.493 e. The summed E-state index contributed by atoms with van der Waals surface area (Å²) in [6.07, 6.45) is 3.65. The number of methoxy groups -OCH3 is 1. The number of nitrogens with zero attached hydrogens (tertiary/aromatic N) is 3. The van der Waals surface area contributed by atoms with Crippen molar-refractivity contribution in [1.82, 2.24) is 20.1 Å². The highest BCUT2D eigenvalue weighted by molar-refractivity contribution is 6.03. The van der Waals surface area contributed by atoms with E-state index in [2.05, 4.69) is 27.3 Å². The van der Waals surface area contributed by atoms with Crippen LogP contribution in [-0.4, -0.2) is 47.5 Å². The fourth-order valence-electron chi connectivity index (χ4n) is 3.02. The summed E-state index contributed by atoms with van der Waals surface area (Å²) in [4.78, 5) is 17.2. The Balaban J connectivity index is 1.73. The van der Waals surface area contributed by atoms with E-state index < -0.39 is 0 Å². The summed E-state index contributed by atoms with van der Waals surface area (Å²) in [7, 11) is 3.31. The van der Waals surface area contributed by atoms with Gasteiger partial charge in [0, 0.05) is 18.5 Å². The van der Waals surface area contributed by atoms with Gasteiger partial charge in [-0.05, 0) is 44.1 Å². The summed E-state index contributed by atoms with van der Waals surface area (Å²) < 4.78 is 12.4. The van der Waals surface area contributed by atoms with Crippen LogP contribution in [0.4, 0.5) is 5.95 Å². The minimum absolute atomic E-state index is 0.282. The average Bonchev–Trinajstić information content (AvgIpc) is 3.07. The maximum Gasteiger partial charge on any atom is 0.258 e. The number of hydrogen-bond acceptors (Lipinski definition) is 6. The lowest BCUT2D eigenvalue weighted by molar-refractivity contribution is 0.102. The molecular formula is C19H25N5O3. The molecule has 2 aromatic rings. The molecule has 1 saturated heterocycles. The standard InChI is InChI=1S/C19H25N5O3/c1-4-11-27-15-6-5-14(12-16(15)26-3)18(25)22-19-21-17(23-24(19)2)13-7-9-20-10-8-13/h4-6,12-13,20H,1,7-11H2,2-3H3,(H,21,22,23,25). The van der Waals surface area contributed by atoms with E-state index in [1.807, 2.05) is 0 Å². The first-order valence-corrected chi connectivity index (χ1v) is 8.97. The maximum atomic E-state index is 12.6. The first-order chi connectivity index (χ1) is 13.1. The second-order valence-electron chi connectivity index (χ2n) is 6.36. The SMILES string of the molecule is C=CCOc1ccc(C(=O)Nc2nc(C3CCNCC3)nn2C)cc1OC. The Kier molecular flexibility index (Phi) is 6.08. The fraction of sp³-hybridized carbons (Fsp3) is 0.421. The summed E-state index contributed by atoms with van der Waals surface area (Å²) >= 11 is 0. The number of carbonyl (C=O) groups excluding carboxylic acids is 1. The van der Waals surface area contributed by atoms with Crippen molar-refractivity contribution in [3.8, 4) is 11.5 Å². The third-order valence-electron chi connectivity index (χ3n) is 4.49. The second-order valence-corrected chi connectivity index (χ2v) is 6.36. The van der Waals surface area contributed by atoms with E-state index >= 15 is 0 Å². The van der Waals surface area contributed by atoms with E-state index in [0.717, 1.165) is 31.8 Å². The van der Waals surface area contributed by atoms with Crippen LogP contribution in [0, 0.1) is 0 Å². The van der Waals surface area contributed by atoms with Crippen molar-refractivity contribution in [1.29, 1.82) is 0 Å². The number of piperidine rings is 1. The molecule has 0 aliphatic carbocycles. The topological polar surface area (TPSA) is 90.3 Å². The van der Waals surface area contributed by atoms with Crippen LogP contribution in [0.25, 0.3) is 0 Å². The molecule has 0 saturated carbocycles. The summed E-state index contributed by atoms with van der Waals surface area (Å²) in [6, 6.07) is 5.02. The molecule has 27 heavy (non-hydrogen) atoms. The minimum Gasteiger partial charge on any atom is -0.493 e. The van der Waals surface area contributed by atoms with Gasteiger partial charge in [0.05, 0.1) is 7.11 Å². The highest BCUT2D eigenvalue weighted by atomic mass is 16.5. The van der Waals surface area contributed by atoms with Gasteiger partial charge >= 0.3 is 0 Å². The van der Waals surface area contributed by atoms with Crippen molar-refractivity contribution in [2.24, 2.45) is 7.05 Å². The van der Waals surface area contributed by atoms with Crippen LogP contribution < -0.4 is 20.1 Å². The Morgan fingerprint density at radius 2 is 2.19 bits per heavy atom. The summed E-state index contributed by atoms with van der Waals surface area (Å²) in [5.41, 5.74) is 0.448. The zero-order valence-corrected chi connectivity index (χ0v) is 15.7. The first kappa shape index (κ1) is 18.9. The van der Waals surface area contributed by atoms with Gasteiger partial charge in [-0.15, -0.1) is 0 Å². The molecule has 8 nitrogen and oxygen atoms in total. The van der Waals surface area contributed by atoms with E-state index in [1.54, 1.807) is 36.0 Å². The van der Waals surface area contributed by atoms with Crippen molar-refractivity contribution >= 4 is 11.9 Å². The van der Waals surface area contributed by atoms with Crippen LogP contribution in [0.2, 0.25) is 0 Å². The van der Waals surface area contributed by atoms with Crippen LogP contribution in [-0.2, 0) is 7.05 Å². The van der Waals surface area contributed by atoms with Gasteiger partial charge in [0.15, 0.2) is 17.3 Å². The zero-order valence-electron chi connectivity index (χ0n) is 15.7. The lowest BCUT2D eigenvalue weighted by Gasteiger charge is -2.19. The van der Waals surface area contributed by atoms with Gasteiger partial charge in [0.25, 0.3) is 5.91 Å². The number of ether oxygens (including phenoxy) is 2. The van der Waals surface area contributed by atoms with Crippen LogP contribution in [0.15, 0.2) is 30.9 Å². The molecule has 144 valence electrons. The highest BCUT2D eigenvalue weighted by Gasteiger charge is 2.21. The van der Waals surface area contributed by atoms with Gasteiger partial charge in [0.2, 0.25) is 5.95 Å². The lowest BCUT2D eigenvalue weighted by atomic mass is 9.98. The smallest absolute Gasteiger partial charge is 0.258 e. The second kappa shape index (κ2) is 8.68. The zero-order chi connectivity index (χ0) is 19.2. The van der Waals surface area contributed by atoms with E-state index in [0.29, 0.717) is 35.5 Å². The summed E-state index contributed by atoms with van der Waals surface area (Å²) in [6.45, 7) is 5.91. The molecule has 0 spiro atoms. The molecule has 8 heteroatoms. The average molecular weight is 371 g/mol. The van der Waals surface area contributed by atoms with Crippen molar-refractivity contribution < 1.29 is 14.3 Å². The predicted octanol–water partition coefficient (Wildman–Crippen LogP) is 2.11. The van der Waals surface area contributed by atoms with Crippen molar-refractivity contribution in [3.05, 3.63) is 42.2 Å². The van der Waals surface area contributed by atoms with Crippen molar-refractivity contribution in [2.75, 3.05) is 32.1 Å². The van der Waals surface area contributed by atoms with Crippen LogP contribution in [0.1, 0.15) is 34.9 Å². The molecule has 0 unspecified atom stereocenters. The van der Waals surface area contributed by atoms with Crippen LogP contribution in [0.5, 0.6) is 11.5 Å². The number of hydrogen-bond donors (Lipinski definition) is 2. The molecule has 1 aromatic carbocycles. The molecule has 1 aliphatic rings. The molecule has 0 atom stereocenters. The Morgan fingerprint density at radius 3 is 2.89 bits per heavy atom. The van der Waals surface area contributed by atoms with Crippen molar-refractivity contribution in [3.63, 3.8) is 0 Å². The first-order valence-electron chi connectivity index (χ1n) is 8.97. The van der Waals surface area contributed by atoms with Gasteiger partial charge < -0.3 is 14.8 Å². The predicted molar refractivity (Wildman–Crippen MR) is 102 cm³/mol. The monoisotopic (exact) mass is 371 g/mol. The molecule has 1 aromatic heterocycles. The van der Waals surface area contributed by atoms with Crippen molar-refractivity contribution in [2.45, 2.75) is 18.8 Å². The molecule has 1 amide bonds. The van der Waals surface area contributed by atoms with Gasteiger partial charge in [0.1, 0.15) is 6.61 Å². The van der Waals surface area contributed by atoms with E-state index in [4.69, 9.17) is 9.47 Å². The Bertz CT molecular complexity index is 812. The molecular weight excluding hydrogens is 346 g/mol. The summed E-state index contributed by atoms with van der Waals surface area (Å²) in [5, 5.41) is 10.6. The number of nitrogens with one attached hydrogen (secondary N) is 2. The van der Waals surface area contributed by atoms with Crippen LogP contribution in [0.3, 0.4) is 0 Å². The highest BCUT2D eigenvalue weighted by Crippen LogP contribution is 2.28. The quantitative estimate of drug-likeness (QED) is 0.725. The summed E-state index contributed by atoms with van der Waals surface area (Å²) in [5.74, 6) is 2.29.